The molecule has 9 heteroatoms. The third kappa shape index (κ3) is 4.20. The number of fused-ring (bicyclic) bond motifs is 1. The highest BCUT2D eigenvalue weighted by Gasteiger charge is 2.23. The molecule has 1 saturated carbocycles. The van der Waals surface area contributed by atoms with Crippen LogP contribution in [-0.2, 0) is 0 Å². The van der Waals surface area contributed by atoms with Crippen molar-refractivity contribution in [3.8, 4) is 0 Å². The number of hydrogen-bond acceptors (Lipinski definition) is 6. The third-order valence-electron chi connectivity index (χ3n) is 5.12. The van der Waals surface area contributed by atoms with E-state index in [1.54, 1.807) is 17.6 Å². The average Bonchev–Trinajstić information content (AvgIpc) is 3.13. The minimum Gasteiger partial charge on any atom is -0.364 e. The molecule has 0 radical (unpaired) electrons. The van der Waals surface area contributed by atoms with Gasteiger partial charge in [0, 0.05) is 28.7 Å². The molecule has 2 heterocycles. The molecule has 0 unspecified atom stereocenters. The zero-order valence-corrected chi connectivity index (χ0v) is 16.4. The number of alkyl halides is 2. The average molecular weight is 417 g/mol. The van der Waals surface area contributed by atoms with Gasteiger partial charge >= 0.3 is 0 Å². The molecule has 1 fully saturated rings. The van der Waals surface area contributed by atoms with Crippen LogP contribution < -0.4 is 16.4 Å². The molecule has 4 rings (SSSR count). The van der Waals surface area contributed by atoms with Crippen LogP contribution in [0.1, 0.15) is 48.0 Å². The van der Waals surface area contributed by atoms with Gasteiger partial charge in [-0.1, -0.05) is 31.0 Å². The molecule has 2 aromatic heterocycles. The minimum atomic E-state index is -2.68. The van der Waals surface area contributed by atoms with Crippen molar-refractivity contribution in [3.63, 3.8) is 0 Å². The van der Waals surface area contributed by atoms with Crippen molar-refractivity contribution < 1.29 is 13.6 Å². The number of nitrogens with two attached hydrogens (primary N) is 1. The van der Waals surface area contributed by atoms with Gasteiger partial charge in [0.2, 0.25) is 0 Å². The lowest BCUT2D eigenvalue weighted by Crippen LogP contribution is -2.42. The summed E-state index contributed by atoms with van der Waals surface area (Å²) in [7, 11) is 0. The van der Waals surface area contributed by atoms with Gasteiger partial charge in [-0.15, -0.1) is 11.3 Å². The van der Waals surface area contributed by atoms with Crippen LogP contribution in [0.3, 0.4) is 0 Å². The Bertz CT molecular complexity index is 1030. The van der Waals surface area contributed by atoms with E-state index in [9.17, 15) is 13.6 Å². The molecular weight excluding hydrogens is 396 g/mol. The van der Waals surface area contributed by atoms with Crippen LogP contribution >= 0.6 is 11.3 Å². The predicted molar refractivity (Wildman–Crippen MR) is 111 cm³/mol. The van der Waals surface area contributed by atoms with Gasteiger partial charge in [-0.05, 0) is 18.9 Å². The summed E-state index contributed by atoms with van der Waals surface area (Å²) < 4.78 is 26.4. The van der Waals surface area contributed by atoms with Gasteiger partial charge < -0.3 is 16.4 Å². The summed E-state index contributed by atoms with van der Waals surface area (Å²) in [5, 5.41) is 7.54. The summed E-state index contributed by atoms with van der Waals surface area (Å²) in [4.78, 5) is 22.3. The van der Waals surface area contributed by atoms with Gasteiger partial charge in [0.25, 0.3) is 12.3 Å². The van der Waals surface area contributed by atoms with Crippen molar-refractivity contribution in [2.45, 2.75) is 44.2 Å². The van der Waals surface area contributed by atoms with E-state index >= 15 is 0 Å². The molecule has 0 spiro atoms. The number of aromatic nitrogens is 2. The van der Waals surface area contributed by atoms with Crippen LogP contribution in [0.5, 0.6) is 0 Å². The van der Waals surface area contributed by atoms with Gasteiger partial charge in [0.05, 0.1) is 11.8 Å². The first-order valence-electron chi connectivity index (χ1n) is 9.47. The normalized spacial score (nSPS) is 19.4. The Morgan fingerprint density at radius 3 is 2.83 bits per heavy atom. The number of thiophene rings is 1. The Morgan fingerprint density at radius 1 is 1.24 bits per heavy atom. The number of amides is 1. The molecule has 1 aromatic carbocycles. The van der Waals surface area contributed by atoms with Crippen molar-refractivity contribution in [1.82, 2.24) is 9.97 Å². The van der Waals surface area contributed by atoms with E-state index in [-0.39, 0.29) is 23.3 Å². The molecule has 4 N–H and O–H groups in total. The predicted octanol–water partition coefficient (Wildman–Crippen LogP) is 4.56. The first-order chi connectivity index (χ1) is 14.0. The number of para-hydroxylation sites is 1. The highest BCUT2D eigenvalue weighted by atomic mass is 32.1. The minimum absolute atomic E-state index is 0.0531. The van der Waals surface area contributed by atoms with Gasteiger partial charge in [-0.2, -0.15) is 0 Å². The zero-order valence-electron chi connectivity index (χ0n) is 15.6. The van der Waals surface area contributed by atoms with Gasteiger partial charge in [-0.25, -0.2) is 18.7 Å². The number of nitrogens with one attached hydrogen (secondary N) is 2. The Hall–Kier alpha value is -2.65. The zero-order chi connectivity index (χ0) is 20.4. The molecule has 2 atom stereocenters. The van der Waals surface area contributed by atoms with E-state index in [2.05, 4.69) is 20.6 Å². The van der Waals surface area contributed by atoms with Crippen molar-refractivity contribution in [2.24, 2.45) is 5.73 Å². The fourth-order valence-corrected chi connectivity index (χ4v) is 4.39. The smallest absolute Gasteiger partial charge is 0.265 e. The largest absolute Gasteiger partial charge is 0.364 e. The van der Waals surface area contributed by atoms with Crippen LogP contribution in [0.4, 0.5) is 20.3 Å². The second kappa shape index (κ2) is 8.38. The number of anilines is 2. The first kappa shape index (κ1) is 19.7. The fourth-order valence-electron chi connectivity index (χ4n) is 3.56. The van der Waals surface area contributed by atoms with Crippen LogP contribution in [-0.4, -0.2) is 28.0 Å². The Kier molecular flexibility index (Phi) is 5.68. The number of nitrogens with zero attached hydrogens (tertiary/aromatic N) is 2. The van der Waals surface area contributed by atoms with Gasteiger partial charge in [0.1, 0.15) is 16.2 Å². The SMILES string of the molecule is N[C@H]1CCCC[C@H]1Nc1cnc2scc(C(=O)Nc3ccccc3C(F)F)c2n1. The van der Waals surface area contributed by atoms with E-state index in [0.717, 1.165) is 25.7 Å². The highest BCUT2D eigenvalue weighted by Crippen LogP contribution is 2.29. The standard InChI is InChI=1S/C20H21F2N5OS/c21-18(22)11-5-1-3-7-14(11)26-19(28)12-10-29-20-17(12)27-16(9-24-20)25-15-8-4-2-6-13(15)23/h1,3,5,7,9-10,13,15,18H,2,4,6,8,23H2,(H,25,27)(H,26,28)/t13-,15+/m0/s1. The molecule has 0 saturated heterocycles. The second-order valence-corrected chi connectivity index (χ2v) is 7.96. The molecule has 1 amide bonds. The summed E-state index contributed by atoms with van der Waals surface area (Å²) >= 11 is 1.28. The quantitative estimate of drug-likeness (QED) is 0.566. The second-order valence-electron chi connectivity index (χ2n) is 7.10. The summed E-state index contributed by atoms with van der Waals surface area (Å²) in [5.41, 5.74) is 6.80. The van der Waals surface area contributed by atoms with Crippen LogP contribution in [0.2, 0.25) is 0 Å². The molecule has 29 heavy (non-hydrogen) atoms. The summed E-state index contributed by atoms with van der Waals surface area (Å²) in [5.74, 6) is 0.0606. The number of benzene rings is 1. The lowest BCUT2D eigenvalue weighted by atomic mass is 9.91. The molecule has 1 aliphatic rings. The van der Waals surface area contributed by atoms with E-state index in [4.69, 9.17) is 5.73 Å². The maximum Gasteiger partial charge on any atom is 0.265 e. The van der Waals surface area contributed by atoms with Gasteiger partial charge in [0.15, 0.2) is 0 Å². The molecule has 0 bridgehead atoms. The first-order valence-corrected chi connectivity index (χ1v) is 10.4. The Labute approximate surface area is 170 Å². The number of hydrogen-bond donors (Lipinski definition) is 3. The van der Waals surface area contributed by atoms with Crippen LogP contribution in [0, 0.1) is 0 Å². The van der Waals surface area contributed by atoms with E-state index < -0.39 is 12.3 Å². The third-order valence-corrected chi connectivity index (χ3v) is 6.00. The van der Waals surface area contributed by atoms with E-state index in [0.29, 0.717) is 21.7 Å². The molecule has 152 valence electrons. The maximum atomic E-state index is 13.2. The summed E-state index contributed by atoms with van der Waals surface area (Å²) in [6, 6.07) is 6.03. The lowest BCUT2D eigenvalue weighted by molar-refractivity contribution is 0.102. The molecular formula is C20H21F2N5OS. The number of carbonyl (C=O) groups excluding carboxylic acids is 1. The fraction of sp³-hybridized carbons (Fsp3) is 0.350. The van der Waals surface area contributed by atoms with E-state index in [1.165, 1.54) is 29.5 Å². The summed E-state index contributed by atoms with van der Waals surface area (Å²) in [6.45, 7) is 0. The highest BCUT2D eigenvalue weighted by molar-refractivity contribution is 7.17. The monoisotopic (exact) mass is 417 g/mol. The molecule has 0 aliphatic heterocycles. The molecule has 1 aliphatic carbocycles. The van der Waals surface area contributed by atoms with Crippen molar-refractivity contribution in [3.05, 3.63) is 47.0 Å². The summed E-state index contributed by atoms with van der Waals surface area (Å²) in [6.07, 6.45) is 3.11. The van der Waals surface area contributed by atoms with Crippen LogP contribution in [0.15, 0.2) is 35.8 Å². The molecule has 6 nitrogen and oxygen atoms in total. The van der Waals surface area contributed by atoms with Crippen molar-refractivity contribution in [2.75, 3.05) is 10.6 Å². The van der Waals surface area contributed by atoms with Crippen molar-refractivity contribution >= 4 is 39.1 Å². The van der Waals surface area contributed by atoms with Crippen molar-refractivity contribution in [1.29, 1.82) is 0 Å². The Morgan fingerprint density at radius 2 is 2.03 bits per heavy atom. The number of halogens is 2. The lowest BCUT2D eigenvalue weighted by Gasteiger charge is -2.29. The van der Waals surface area contributed by atoms with E-state index in [1.807, 2.05) is 0 Å². The molecule has 3 aromatic rings. The van der Waals surface area contributed by atoms with Crippen LogP contribution in [0.25, 0.3) is 10.3 Å². The van der Waals surface area contributed by atoms with Gasteiger partial charge in [-0.3, -0.25) is 4.79 Å². The number of carbonyl (C=O) groups is 1. The maximum absolute atomic E-state index is 13.2. The topological polar surface area (TPSA) is 92.9 Å². The Balaban J connectivity index is 1.58. The number of rotatable bonds is 5.